The highest BCUT2D eigenvalue weighted by atomic mass is 16.5. The number of nitrogens with one attached hydrogen (secondary N) is 1. The molecule has 44 heavy (non-hydrogen) atoms. The summed E-state index contributed by atoms with van der Waals surface area (Å²) in [5, 5.41) is 3.74. The standard InChI is InChI=1S/C33H34N6O5/c1-19-14-24-16-27(21-8-10-22(11-9-21)28-20(2)44-38(4)33(28)42)39(12-13-43-26-17-37(3)18-26)30(24)29(35-19)32(41)36-25-7-5-6-23(15-25)31(34)40/h5-11,14-16,26H,12-13,17-18H2,1-4H3,(H2,34,40)(H,36,41). The third-order valence-corrected chi connectivity index (χ3v) is 7.92. The topological polar surface area (TPSA) is 138 Å². The molecule has 0 bridgehead atoms. The minimum atomic E-state index is -0.581. The molecule has 0 atom stereocenters. The number of hydrogen-bond acceptors (Lipinski definition) is 7. The number of carbonyl (C=O) groups is 2. The van der Waals surface area contributed by atoms with Crippen LogP contribution in [0.25, 0.3) is 33.3 Å². The molecule has 1 aliphatic heterocycles. The monoisotopic (exact) mass is 594 g/mol. The van der Waals surface area contributed by atoms with Gasteiger partial charge in [-0.05, 0) is 62.4 Å². The molecular formula is C33H34N6O5. The SMILES string of the molecule is Cc1cc2cc(-c3ccc(-c4c(C)on(C)c4=O)cc3)n(CCOC3CN(C)C3)c2c(C(=O)Nc2cccc(C(N)=O)c2)n1. The fourth-order valence-electron chi connectivity index (χ4n) is 5.79. The van der Waals surface area contributed by atoms with E-state index in [2.05, 4.69) is 26.8 Å². The normalized spacial score (nSPS) is 13.7. The minimum absolute atomic E-state index is 0.172. The van der Waals surface area contributed by atoms with Gasteiger partial charge >= 0.3 is 0 Å². The fourth-order valence-corrected chi connectivity index (χ4v) is 5.79. The molecule has 11 heteroatoms. The lowest BCUT2D eigenvalue weighted by Crippen LogP contribution is -2.49. The molecule has 0 aliphatic carbocycles. The number of amides is 2. The third-order valence-electron chi connectivity index (χ3n) is 7.92. The summed E-state index contributed by atoms with van der Waals surface area (Å²) in [5.41, 5.74) is 10.7. The molecule has 2 aromatic carbocycles. The Morgan fingerprint density at radius 2 is 1.77 bits per heavy atom. The van der Waals surface area contributed by atoms with Crippen LogP contribution >= 0.6 is 0 Å². The Bertz CT molecular complexity index is 1950. The molecule has 0 saturated carbocycles. The van der Waals surface area contributed by atoms with E-state index in [0.29, 0.717) is 46.9 Å². The lowest BCUT2D eigenvalue weighted by atomic mass is 10.0. The fraction of sp³-hybridized carbons (Fsp3) is 0.273. The Balaban J connectivity index is 1.41. The number of aromatic nitrogens is 3. The number of pyridine rings is 1. The maximum Gasteiger partial charge on any atom is 0.290 e. The van der Waals surface area contributed by atoms with Crippen LogP contribution in [-0.4, -0.2) is 63.9 Å². The highest BCUT2D eigenvalue weighted by Crippen LogP contribution is 2.32. The van der Waals surface area contributed by atoms with E-state index in [9.17, 15) is 14.4 Å². The highest BCUT2D eigenvalue weighted by Gasteiger charge is 2.25. The van der Waals surface area contributed by atoms with E-state index in [1.54, 1.807) is 32.2 Å². The molecular weight excluding hydrogens is 560 g/mol. The van der Waals surface area contributed by atoms with Crippen molar-refractivity contribution in [1.82, 2.24) is 19.2 Å². The van der Waals surface area contributed by atoms with Gasteiger partial charge in [-0.3, -0.25) is 14.4 Å². The molecule has 0 unspecified atom stereocenters. The highest BCUT2D eigenvalue weighted by molar-refractivity contribution is 6.12. The summed E-state index contributed by atoms with van der Waals surface area (Å²) >= 11 is 0. The van der Waals surface area contributed by atoms with E-state index in [1.807, 2.05) is 43.3 Å². The van der Waals surface area contributed by atoms with Crippen molar-refractivity contribution in [3.63, 3.8) is 0 Å². The second kappa shape index (κ2) is 11.6. The average Bonchev–Trinajstić information content (AvgIpc) is 3.46. The van der Waals surface area contributed by atoms with Gasteiger partial charge in [-0.1, -0.05) is 30.3 Å². The number of ether oxygens (including phenoxy) is 1. The van der Waals surface area contributed by atoms with Crippen LogP contribution in [0.4, 0.5) is 5.69 Å². The second-order valence-corrected chi connectivity index (χ2v) is 11.2. The van der Waals surface area contributed by atoms with Gasteiger partial charge in [-0.25, -0.2) is 4.98 Å². The van der Waals surface area contributed by atoms with Crippen LogP contribution < -0.4 is 16.6 Å². The van der Waals surface area contributed by atoms with E-state index in [-0.39, 0.29) is 17.4 Å². The maximum absolute atomic E-state index is 13.7. The molecule has 3 N–H and O–H groups in total. The zero-order valence-corrected chi connectivity index (χ0v) is 25.1. The molecule has 6 rings (SSSR count). The zero-order valence-electron chi connectivity index (χ0n) is 25.1. The summed E-state index contributed by atoms with van der Waals surface area (Å²) in [5.74, 6) is -0.436. The zero-order chi connectivity index (χ0) is 31.1. The first-order valence-corrected chi connectivity index (χ1v) is 14.4. The number of likely N-dealkylation sites (tertiary alicyclic amines) is 1. The summed E-state index contributed by atoms with van der Waals surface area (Å²) in [7, 11) is 3.65. The number of primary amides is 1. The Morgan fingerprint density at radius 1 is 1.05 bits per heavy atom. The van der Waals surface area contributed by atoms with Gasteiger partial charge in [-0.15, -0.1) is 0 Å². The number of carbonyl (C=O) groups excluding carboxylic acids is 2. The summed E-state index contributed by atoms with van der Waals surface area (Å²) in [4.78, 5) is 44.9. The van der Waals surface area contributed by atoms with Crippen LogP contribution in [0.1, 0.15) is 32.3 Å². The molecule has 0 spiro atoms. The van der Waals surface area contributed by atoms with Crippen molar-refractivity contribution in [2.45, 2.75) is 26.5 Å². The van der Waals surface area contributed by atoms with Crippen molar-refractivity contribution in [1.29, 1.82) is 0 Å². The van der Waals surface area contributed by atoms with Crippen molar-refractivity contribution in [2.75, 3.05) is 32.1 Å². The van der Waals surface area contributed by atoms with Crippen molar-refractivity contribution in [2.24, 2.45) is 12.8 Å². The lowest BCUT2D eigenvalue weighted by Gasteiger charge is -2.35. The summed E-state index contributed by atoms with van der Waals surface area (Å²) in [6.45, 7) is 6.32. The first-order chi connectivity index (χ1) is 21.1. The number of rotatable bonds is 9. The number of fused-ring (bicyclic) bond motifs is 1. The van der Waals surface area contributed by atoms with Crippen LogP contribution in [-0.2, 0) is 18.3 Å². The van der Waals surface area contributed by atoms with Crippen molar-refractivity contribution in [3.05, 3.63) is 93.7 Å². The van der Waals surface area contributed by atoms with Gasteiger partial charge < -0.3 is 29.8 Å². The van der Waals surface area contributed by atoms with E-state index >= 15 is 0 Å². The molecule has 226 valence electrons. The molecule has 5 aromatic rings. The third kappa shape index (κ3) is 5.54. The number of likely N-dealkylation sites (N-methyl/N-ethyl adjacent to an activating group) is 1. The van der Waals surface area contributed by atoms with E-state index in [0.717, 1.165) is 35.3 Å². The Kier molecular flexibility index (Phi) is 7.66. The van der Waals surface area contributed by atoms with Crippen LogP contribution in [0.15, 0.2) is 70.0 Å². The number of nitrogens with two attached hydrogens (primary N) is 1. The van der Waals surface area contributed by atoms with Gasteiger partial charge in [0.05, 0.1) is 23.8 Å². The summed E-state index contributed by atoms with van der Waals surface area (Å²) in [6, 6.07) is 18.2. The van der Waals surface area contributed by atoms with Gasteiger partial charge in [0.15, 0.2) is 5.69 Å². The van der Waals surface area contributed by atoms with Gasteiger partial charge in [0, 0.05) is 54.7 Å². The molecule has 1 saturated heterocycles. The lowest BCUT2D eigenvalue weighted by molar-refractivity contribution is -0.0452. The van der Waals surface area contributed by atoms with Crippen molar-refractivity contribution < 1.29 is 18.8 Å². The van der Waals surface area contributed by atoms with E-state index in [4.69, 9.17) is 15.0 Å². The quantitative estimate of drug-likeness (QED) is 0.264. The Hall–Kier alpha value is -5.00. The molecule has 0 radical (unpaired) electrons. The van der Waals surface area contributed by atoms with Gasteiger partial charge in [-0.2, -0.15) is 4.74 Å². The molecule has 1 aliphatic rings. The second-order valence-electron chi connectivity index (χ2n) is 11.2. The maximum atomic E-state index is 13.7. The van der Waals surface area contributed by atoms with Gasteiger partial charge in [0.2, 0.25) is 5.91 Å². The van der Waals surface area contributed by atoms with Crippen molar-refractivity contribution >= 4 is 28.4 Å². The van der Waals surface area contributed by atoms with Crippen LogP contribution in [0.2, 0.25) is 0 Å². The molecule has 2 amide bonds. The number of anilines is 1. The minimum Gasteiger partial charge on any atom is -0.381 e. The summed E-state index contributed by atoms with van der Waals surface area (Å²) in [6.07, 6.45) is 0.172. The van der Waals surface area contributed by atoms with Crippen LogP contribution in [0.3, 0.4) is 0 Å². The Labute approximate surface area is 253 Å². The van der Waals surface area contributed by atoms with E-state index < -0.39 is 11.8 Å². The molecule has 3 aromatic heterocycles. The summed E-state index contributed by atoms with van der Waals surface area (Å²) < 4.78 is 14.9. The molecule has 1 fully saturated rings. The molecule has 11 nitrogen and oxygen atoms in total. The number of hydrogen-bond donors (Lipinski definition) is 2. The smallest absolute Gasteiger partial charge is 0.290 e. The number of benzene rings is 2. The largest absolute Gasteiger partial charge is 0.381 e. The first kappa shape index (κ1) is 29.1. The Morgan fingerprint density at radius 3 is 2.43 bits per heavy atom. The van der Waals surface area contributed by atoms with Gasteiger partial charge in [0.1, 0.15) is 5.76 Å². The predicted octanol–water partition coefficient (Wildman–Crippen LogP) is 3.96. The first-order valence-electron chi connectivity index (χ1n) is 14.4. The number of nitrogens with zero attached hydrogens (tertiary/aromatic N) is 4. The van der Waals surface area contributed by atoms with E-state index in [1.165, 1.54) is 10.8 Å². The van der Waals surface area contributed by atoms with Gasteiger partial charge in [0.25, 0.3) is 11.5 Å². The van der Waals surface area contributed by atoms with Crippen molar-refractivity contribution in [3.8, 4) is 22.4 Å². The average molecular weight is 595 g/mol. The van der Waals surface area contributed by atoms with Crippen LogP contribution in [0, 0.1) is 13.8 Å². The predicted molar refractivity (Wildman–Crippen MR) is 168 cm³/mol. The van der Waals surface area contributed by atoms with Crippen LogP contribution in [0.5, 0.6) is 0 Å². The molecule has 4 heterocycles. The number of aryl methyl sites for hydroxylation is 3.